The van der Waals surface area contributed by atoms with Gasteiger partial charge in [0.25, 0.3) is 6.71 Å². The first kappa shape index (κ1) is 48.8. The van der Waals surface area contributed by atoms with Gasteiger partial charge in [0, 0.05) is 44.5 Å². The predicted molar refractivity (Wildman–Crippen MR) is 334 cm³/mol. The molecule has 6 aliphatic rings. The van der Waals surface area contributed by atoms with Gasteiger partial charge < -0.3 is 14.7 Å². The molecule has 77 heavy (non-hydrogen) atoms. The monoisotopic (exact) mass is 1020 g/mol. The Labute approximate surface area is 463 Å². The highest BCUT2D eigenvalue weighted by Gasteiger charge is 2.51. The van der Waals surface area contributed by atoms with Crippen LogP contribution >= 0.6 is 11.3 Å². The van der Waals surface area contributed by atoms with Crippen molar-refractivity contribution in [3.63, 3.8) is 0 Å². The van der Waals surface area contributed by atoms with Gasteiger partial charge in [0.15, 0.2) is 0 Å². The van der Waals surface area contributed by atoms with Crippen LogP contribution in [0.5, 0.6) is 0 Å². The normalized spacial score (nSPS) is 20.6. The summed E-state index contributed by atoms with van der Waals surface area (Å²) < 4.78 is 1.41. The molecule has 3 nitrogen and oxygen atoms in total. The van der Waals surface area contributed by atoms with E-state index >= 15 is 0 Å². The van der Waals surface area contributed by atoms with Gasteiger partial charge in [-0.3, -0.25) is 0 Å². The van der Waals surface area contributed by atoms with E-state index < -0.39 is 0 Å². The van der Waals surface area contributed by atoms with Gasteiger partial charge in [-0.1, -0.05) is 162 Å². The minimum Gasteiger partial charge on any atom is -0.311 e. The molecule has 1 saturated carbocycles. The van der Waals surface area contributed by atoms with Crippen LogP contribution in [0.3, 0.4) is 0 Å². The number of anilines is 9. The summed E-state index contributed by atoms with van der Waals surface area (Å²) in [6, 6.07) is 62.0. The van der Waals surface area contributed by atoms with Crippen LogP contribution in [-0.2, 0) is 32.5 Å². The molecule has 1 fully saturated rings. The van der Waals surface area contributed by atoms with Gasteiger partial charge >= 0.3 is 0 Å². The maximum Gasteiger partial charge on any atom is 0.254 e. The van der Waals surface area contributed by atoms with E-state index in [1.807, 2.05) is 11.3 Å². The van der Waals surface area contributed by atoms with Gasteiger partial charge in [0.05, 0.1) is 10.7 Å². The second-order valence-electron chi connectivity index (χ2n) is 27.9. The van der Waals surface area contributed by atoms with E-state index in [4.69, 9.17) is 0 Å². The lowest BCUT2D eigenvalue weighted by Gasteiger charge is -2.52. The van der Waals surface area contributed by atoms with E-state index in [0.717, 1.165) is 23.5 Å². The molecular formula is C72H74BN3S. The SMILES string of the molecule is CC(C)(C)c1cc(N2c3cc4ccccc4cc3B3c4c2cc(N(c2ccccc2)c2ccccc2)cc4N(c2ccc4c(c2)C(C)(C)CCC4(C)C)c2sc4cc5c(cc4c23)C2(C)CCC5(C)CC2)cc(C(C)(C)C)c1. The highest BCUT2D eigenvalue weighted by molar-refractivity contribution is 7.26. The molecule has 2 bridgehead atoms. The first-order chi connectivity index (χ1) is 36.6. The Morgan fingerprint density at radius 3 is 1.56 bits per heavy atom. The fourth-order valence-corrected chi connectivity index (χ4v) is 16.0. The van der Waals surface area contributed by atoms with Crippen molar-refractivity contribution in [3.05, 3.63) is 191 Å². The molecule has 0 N–H and O–H groups in total. The summed E-state index contributed by atoms with van der Waals surface area (Å²) in [5.74, 6) is 0. The van der Waals surface area contributed by atoms with Crippen LogP contribution in [-0.4, -0.2) is 6.71 Å². The fraction of sp³-hybridized carbons (Fsp3) is 0.333. The third-order valence-electron chi connectivity index (χ3n) is 19.7. The predicted octanol–water partition coefficient (Wildman–Crippen LogP) is 18.7. The van der Waals surface area contributed by atoms with Crippen LogP contribution < -0.4 is 31.1 Å². The van der Waals surface area contributed by atoms with Crippen LogP contribution in [0, 0.1) is 0 Å². The highest BCUT2D eigenvalue weighted by atomic mass is 32.1. The minimum absolute atomic E-state index is 0.0315. The van der Waals surface area contributed by atoms with Gasteiger partial charge in [-0.25, -0.2) is 0 Å². The Morgan fingerprint density at radius 2 is 0.974 bits per heavy atom. The first-order valence-electron chi connectivity index (χ1n) is 28.7. The van der Waals surface area contributed by atoms with E-state index in [1.165, 1.54) is 125 Å². The van der Waals surface area contributed by atoms with E-state index in [1.54, 1.807) is 11.1 Å². The molecule has 2 aliphatic heterocycles. The van der Waals surface area contributed by atoms with Crippen LogP contribution in [0.25, 0.3) is 20.9 Å². The molecular weight excluding hydrogens is 950 g/mol. The van der Waals surface area contributed by atoms with Crippen molar-refractivity contribution in [2.24, 2.45) is 0 Å². The van der Waals surface area contributed by atoms with Crippen molar-refractivity contribution in [2.75, 3.05) is 14.7 Å². The molecule has 0 saturated heterocycles. The Bertz CT molecular complexity index is 3820. The van der Waals surface area contributed by atoms with Crippen LogP contribution in [0.2, 0.25) is 0 Å². The molecule has 1 aromatic heterocycles. The number of thiophene rings is 1. The number of benzene rings is 8. The smallest absolute Gasteiger partial charge is 0.254 e. The summed E-state index contributed by atoms with van der Waals surface area (Å²) in [6.45, 7) is 29.3. The maximum absolute atomic E-state index is 2.75. The average molecular weight is 1020 g/mol. The zero-order chi connectivity index (χ0) is 53.3. The topological polar surface area (TPSA) is 9.72 Å². The summed E-state index contributed by atoms with van der Waals surface area (Å²) in [4.78, 5) is 7.94. The lowest BCUT2D eigenvalue weighted by molar-refractivity contribution is 0.188. The summed E-state index contributed by atoms with van der Waals surface area (Å²) in [7, 11) is 0. The molecule has 3 heterocycles. The van der Waals surface area contributed by atoms with Gasteiger partial charge in [-0.05, 0) is 216 Å². The van der Waals surface area contributed by atoms with Crippen LogP contribution in [0.1, 0.15) is 155 Å². The fourth-order valence-electron chi connectivity index (χ4n) is 14.7. The van der Waals surface area contributed by atoms with Crippen molar-refractivity contribution in [1.29, 1.82) is 0 Å². The van der Waals surface area contributed by atoms with E-state index in [9.17, 15) is 0 Å². The number of para-hydroxylation sites is 2. The number of hydrogen-bond acceptors (Lipinski definition) is 4. The highest BCUT2D eigenvalue weighted by Crippen LogP contribution is 2.59. The molecule has 0 amide bonds. The zero-order valence-electron chi connectivity index (χ0n) is 47.6. The van der Waals surface area contributed by atoms with E-state index in [2.05, 4.69) is 256 Å². The molecule has 4 aliphatic carbocycles. The van der Waals surface area contributed by atoms with E-state index in [-0.39, 0.29) is 39.2 Å². The standard InChI is InChI=1S/C72H74BN3S/c1-67(2,3)47-37-48(68(4,5)6)39-52(38-47)75-60-36-46-22-20-19-21-45(46)35-59(60)73-64-54-43-57-58(72(12)33-31-71(57,11)32-34-72)44-63(54)77-66(64)76(51-27-28-55-56(40-51)70(9,10)30-29-69(55,7)8)62-42-53(41-61(75)65(62)73)74(49-23-15-13-16-24-49)50-25-17-14-18-26-50/h13-28,35-44H,29-34H2,1-12H3. The van der Waals surface area contributed by atoms with Crippen molar-refractivity contribution in [1.82, 2.24) is 0 Å². The molecule has 9 aromatic rings. The molecule has 8 aromatic carbocycles. The first-order valence-corrected chi connectivity index (χ1v) is 29.6. The van der Waals surface area contributed by atoms with Crippen molar-refractivity contribution >= 4 is 106 Å². The Morgan fingerprint density at radius 1 is 0.442 bits per heavy atom. The Kier molecular flexibility index (Phi) is 10.5. The Balaban J connectivity index is 1.16. The zero-order valence-corrected chi connectivity index (χ0v) is 48.4. The van der Waals surface area contributed by atoms with Crippen LogP contribution in [0.4, 0.5) is 50.5 Å². The van der Waals surface area contributed by atoms with Gasteiger partial charge in [0.1, 0.15) is 0 Å². The lowest BCUT2D eigenvalue weighted by Crippen LogP contribution is -2.61. The second kappa shape index (κ2) is 16.5. The molecule has 0 unspecified atom stereocenters. The van der Waals surface area contributed by atoms with E-state index in [0.29, 0.717) is 0 Å². The molecule has 0 spiro atoms. The number of fused-ring (bicyclic) bond motifs is 10. The molecule has 5 heteroatoms. The summed E-state index contributed by atoms with van der Waals surface area (Å²) in [6.07, 6.45) is 7.39. The largest absolute Gasteiger partial charge is 0.311 e. The molecule has 386 valence electrons. The molecule has 15 rings (SSSR count). The maximum atomic E-state index is 2.75. The summed E-state index contributed by atoms with van der Waals surface area (Å²) >= 11 is 2.04. The van der Waals surface area contributed by atoms with Crippen molar-refractivity contribution in [2.45, 2.75) is 154 Å². The quantitative estimate of drug-likeness (QED) is 0.159. The minimum atomic E-state index is -0.0817. The average Bonchev–Trinajstić information content (AvgIpc) is 3.77. The summed E-state index contributed by atoms with van der Waals surface area (Å²) in [5, 5.41) is 5.32. The number of rotatable bonds is 5. The van der Waals surface area contributed by atoms with Crippen molar-refractivity contribution in [3.8, 4) is 0 Å². The molecule has 0 atom stereocenters. The number of nitrogens with zero attached hydrogens (tertiary/aromatic N) is 3. The second-order valence-corrected chi connectivity index (χ2v) is 28.9. The Hall–Kier alpha value is -6.56. The third kappa shape index (κ3) is 7.41. The van der Waals surface area contributed by atoms with Gasteiger partial charge in [0.2, 0.25) is 0 Å². The molecule has 0 radical (unpaired) electrons. The number of hydrogen-bond donors (Lipinski definition) is 0. The van der Waals surface area contributed by atoms with Gasteiger partial charge in [-0.2, -0.15) is 0 Å². The lowest BCUT2D eigenvalue weighted by atomic mass is 9.33. The summed E-state index contributed by atoms with van der Waals surface area (Å²) in [5.41, 5.74) is 23.0. The third-order valence-corrected chi connectivity index (χ3v) is 20.9. The van der Waals surface area contributed by atoms with Gasteiger partial charge in [-0.15, -0.1) is 11.3 Å². The van der Waals surface area contributed by atoms with Crippen molar-refractivity contribution < 1.29 is 0 Å². The van der Waals surface area contributed by atoms with Crippen LogP contribution in [0.15, 0.2) is 158 Å².